The molecule has 1 aromatic rings. The van der Waals surface area contributed by atoms with Crippen LogP contribution in [0.4, 0.5) is 5.88 Å². The Labute approximate surface area is 101 Å². The second-order valence-electron chi connectivity index (χ2n) is 4.50. The Morgan fingerprint density at radius 3 is 2.71 bits per heavy atom. The van der Waals surface area contributed by atoms with Crippen LogP contribution in [0.1, 0.15) is 42.7 Å². The van der Waals surface area contributed by atoms with Crippen LogP contribution in [0, 0.1) is 0 Å². The fourth-order valence-corrected chi connectivity index (χ4v) is 2.53. The highest BCUT2D eigenvalue weighted by atomic mass is 16.4. The maximum atomic E-state index is 10.6. The van der Waals surface area contributed by atoms with Crippen LogP contribution in [0.2, 0.25) is 0 Å². The average molecular weight is 237 g/mol. The van der Waals surface area contributed by atoms with Gasteiger partial charge in [-0.1, -0.05) is 19.3 Å². The molecule has 0 radical (unpaired) electrons. The number of aliphatic hydroxyl groups is 1. The monoisotopic (exact) mass is 237 g/mol. The van der Waals surface area contributed by atoms with E-state index in [4.69, 9.17) is 9.52 Å². The fraction of sp³-hybridized carbons (Fsp3) is 0.615. The first-order valence-corrected chi connectivity index (χ1v) is 6.27. The molecular formula is C13H19NO3. The summed E-state index contributed by atoms with van der Waals surface area (Å²) in [6.45, 7) is 0.671. The topological polar surface area (TPSA) is 53.7 Å². The van der Waals surface area contributed by atoms with Crippen LogP contribution in [0.5, 0.6) is 0 Å². The lowest BCUT2D eigenvalue weighted by Gasteiger charge is -2.33. The van der Waals surface area contributed by atoms with Crippen LogP contribution in [-0.4, -0.2) is 30.6 Å². The molecule has 94 valence electrons. The molecule has 1 heterocycles. The van der Waals surface area contributed by atoms with E-state index >= 15 is 0 Å². The zero-order valence-corrected chi connectivity index (χ0v) is 9.97. The maximum absolute atomic E-state index is 10.6. The van der Waals surface area contributed by atoms with Gasteiger partial charge in [0.05, 0.1) is 6.61 Å². The van der Waals surface area contributed by atoms with Crippen LogP contribution in [-0.2, 0) is 0 Å². The summed E-state index contributed by atoms with van der Waals surface area (Å²) in [5, 5.41) is 9.14. The Kier molecular flexibility index (Phi) is 4.20. The molecule has 4 nitrogen and oxygen atoms in total. The molecule has 0 spiro atoms. The van der Waals surface area contributed by atoms with E-state index in [1.165, 1.54) is 19.3 Å². The third kappa shape index (κ3) is 2.88. The molecule has 1 N–H and O–H groups in total. The van der Waals surface area contributed by atoms with Crippen molar-refractivity contribution in [1.29, 1.82) is 0 Å². The van der Waals surface area contributed by atoms with Gasteiger partial charge in [-0.05, 0) is 18.9 Å². The number of carbonyl (C=O) groups excluding carboxylic acids is 1. The van der Waals surface area contributed by atoms with E-state index in [1.807, 2.05) is 6.07 Å². The van der Waals surface area contributed by atoms with Crippen molar-refractivity contribution in [2.24, 2.45) is 0 Å². The zero-order chi connectivity index (χ0) is 12.1. The van der Waals surface area contributed by atoms with Gasteiger partial charge in [0, 0.05) is 18.7 Å². The van der Waals surface area contributed by atoms with Crippen LogP contribution < -0.4 is 4.90 Å². The van der Waals surface area contributed by atoms with Crippen molar-refractivity contribution in [2.75, 3.05) is 18.1 Å². The average Bonchev–Trinajstić information content (AvgIpc) is 2.85. The predicted molar refractivity (Wildman–Crippen MR) is 65.4 cm³/mol. The van der Waals surface area contributed by atoms with Gasteiger partial charge in [-0.2, -0.15) is 0 Å². The lowest BCUT2D eigenvalue weighted by Crippen LogP contribution is -2.38. The first kappa shape index (κ1) is 12.2. The van der Waals surface area contributed by atoms with E-state index in [2.05, 4.69) is 4.90 Å². The number of aldehydes is 1. The fourth-order valence-electron chi connectivity index (χ4n) is 2.53. The summed E-state index contributed by atoms with van der Waals surface area (Å²) < 4.78 is 5.45. The summed E-state index contributed by atoms with van der Waals surface area (Å²) in [4.78, 5) is 12.7. The normalized spacial score (nSPS) is 17.0. The van der Waals surface area contributed by atoms with Gasteiger partial charge in [0.15, 0.2) is 17.9 Å². The van der Waals surface area contributed by atoms with Crippen molar-refractivity contribution >= 4 is 12.2 Å². The first-order valence-electron chi connectivity index (χ1n) is 6.27. The molecule has 0 unspecified atom stereocenters. The Hall–Kier alpha value is -1.29. The highest BCUT2D eigenvalue weighted by molar-refractivity contribution is 5.71. The van der Waals surface area contributed by atoms with Crippen molar-refractivity contribution < 1.29 is 14.3 Å². The van der Waals surface area contributed by atoms with Gasteiger partial charge in [0.2, 0.25) is 0 Å². The molecule has 1 fully saturated rings. The summed E-state index contributed by atoms with van der Waals surface area (Å²) in [5.74, 6) is 1.05. The van der Waals surface area contributed by atoms with Gasteiger partial charge < -0.3 is 14.4 Å². The number of carbonyl (C=O) groups is 1. The van der Waals surface area contributed by atoms with Gasteiger partial charge in [-0.15, -0.1) is 0 Å². The molecule has 0 amide bonds. The summed E-state index contributed by atoms with van der Waals surface area (Å²) >= 11 is 0. The molecule has 1 saturated carbocycles. The van der Waals surface area contributed by atoms with E-state index in [-0.39, 0.29) is 6.61 Å². The molecule has 4 heteroatoms. The molecule has 0 atom stereocenters. The number of hydrogen-bond acceptors (Lipinski definition) is 4. The minimum Gasteiger partial charge on any atom is -0.438 e. The first-order chi connectivity index (χ1) is 8.35. The van der Waals surface area contributed by atoms with Crippen molar-refractivity contribution in [2.45, 2.75) is 38.1 Å². The van der Waals surface area contributed by atoms with Gasteiger partial charge >= 0.3 is 0 Å². The SMILES string of the molecule is O=Cc1ccc(N(CCO)C2CCCCC2)o1. The highest BCUT2D eigenvalue weighted by Gasteiger charge is 2.23. The van der Waals surface area contributed by atoms with Crippen molar-refractivity contribution in [3.63, 3.8) is 0 Å². The zero-order valence-electron chi connectivity index (χ0n) is 9.97. The number of rotatable bonds is 5. The lowest BCUT2D eigenvalue weighted by atomic mass is 9.94. The highest BCUT2D eigenvalue weighted by Crippen LogP contribution is 2.28. The van der Waals surface area contributed by atoms with E-state index < -0.39 is 0 Å². The molecule has 0 aromatic carbocycles. The number of hydrogen-bond donors (Lipinski definition) is 1. The second kappa shape index (κ2) is 5.87. The quantitative estimate of drug-likeness (QED) is 0.798. The van der Waals surface area contributed by atoms with Crippen molar-refractivity contribution in [3.8, 4) is 0 Å². The largest absolute Gasteiger partial charge is 0.438 e. The third-order valence-corrected chi connectivity index (χ3v) is 3.37. The molecule has 0 bridgehead atoms. The summed E-state index contributed by atoms with van der Waals surface area (Å²) in [6.07, 6.45) is 6.73. The van der Waals surface area contributed by atoms with E-state index in [9.17, 15) is 4.79 Å². The Bertz CT molecular complexity index is 355. The summed E-state index contributed by atoms with van der Waals surface area (Å²) in [7, 11) is 0. The molecule has 2 rings (SSSR count). The Balaban J connectivity index is 2.11. The van der Waals surface area contributed by atoms with Crippen LogP contribution >= 0.6 is 0 Å². The predicted octanol–water partition coefficient (Wildman–Crippen LogP) is 2.22. The number of aliphatic hydroxyl groups excluding tert-OH is 1. The molecule has 17 heavy (non-hydrogen) atoms. The summed E-state index contributed by atoms with van der Waals surface area (Å²) in [5.41, 5.74) is 0. The third-order valence-electron chi connectivity index (χ3n) is 3.37. The van der Waals surface area contributed by atoms with E-state index in [0.29, 0.717) is 30.5 Å². The van der Waals surface area contributed by atoms with E-state index in [1.54, 1.807) is 6.07 Å². The Morgan fingerprint density at radius 2 is 2.12 bits per heavy atom. The van der Waals surface area contributed by atoms with Crippen molar-refractivity contribution in [3.05, 3.63) is 17.9 Å². The minimum absolute atomic E-state index is 0.105. The number of furan rings is 1. The van der Waals surface area contributed by atoms with E-state index in [0.717, 1.165) is 12.8 Å². The van der Waals surface area contributed by atoms with Gasteiger partial charge in [0.1, 0.15) is 0 Å². The maximum Gasteiger partial charge on any atom is 0.196 e. The van der Waals surface area contributed by atoms with Gasteiger partial charge in [-0.3, -0.25) is 4.79 Å². The van der Waals surface area contributed by atoms with Crippen LogP contribution in [0.15, 0.2) is 16.5 Å². The summed E-state index contributed by atoms with van der Waals surface area (Å²) in [6, 6.07) is 3.92. The molecule has 0 aliphatic heterocycles. The smallest absolute Gasteiger partial charge is 0.196 e. The standard InChI is InChI=1S/C13H19NO3/c15-9-8-14(11-4-2-1-3-5-11)13-7-6-12(10-16)17-13/h6-7,10-11,15H,1-5,8-9H2. The molecular weight excluding hydrogens is 218 g/mol. The van der Waals surface area contributed by atoms with Crippen molar-refractivity contribution in [1.82, 2.24) is 0 Å². The lowest BCUT2D eigenvalue weighted by molar-refractivity contribution is 0.110. The number of anilines is 1. The van der Waals surface area contributed by atoms with Gasteiger partial charge in [0.25, 0.3) is 0 Å². The Morgan fingerprint density at radius 1 is 1.35 bits per heavy atom. The molecule has 1 aliphatic rings. The molecule has 1 aliphatic carbocycles. The van der Waals surface area contributed by atoms with Crippen LogP contribution in [0.3, 0.4) is 0 Å². The van der Waals surface area contributed by atoms with Gasteiger partial charge in [-0.25, -0.2) is 0 Å². The second-order valence-corrected chi connectivity index (χ2v) is 4.50. The van der Waals surface area contributed by atoms with Crippen LogP contribution in [0.25, 0.3) is 0 Å². The molecule has 0 saturated heterocycles. The minimum atomic E-state index is 0.105. The number of nitrogens with zero attached hydrogens (tertiary/aromatic N) is 1. The molecule has 1 aromatic heterocycles.